The van der Waals surface area contributed by atoms with Crippen LogP contribution < -0.4 is 5.32 Å². The first-order valence-corrected chi connectivity index (χ1v) is 8.08. The lowest BCUT2D eigenvalue weighted by atomic mass is 10.1. The lowest BCUT2D eigenvalue weighted by Gasteiger charge is -2.32. The van der Waals surface area contributed by atoms with Crippen molar-refractivity contribution >= 4 is 0 Å². The molecule has 1 N–H and O–H groups in total. The third-order valence-electron chi connectivity index (χ3n) is 4.02. The van der Waals surface area contributed by atoms with Crippen LogP contribution in [0.3, 0.4) is 0 Å². The Morgan fingerprint density at radius 2 is 2.41 bits per heavy atom. The van der Waals surface area contributed by atoms with Gasteiger partial charge in [-0.05, 0) is 25.5 Å². The predicted octanol–water partition coefficient (Wildman–Crippen LogP) is 1.08. The zero-order valence-electron chi connectivity index (χ0n) is 13.1. The van der Waals surface area contributed by atoms with Gasteiger partial charge in [0.2, 0.25) is 5.89 Å². The summed E-state index contributed by atoms with van der Waals surface area (Å²) in [7, 11) is 0. The Balaban J connectivity index is 1.42. The number of aryl methyl sites for hydroxylation is 1. The SMILES string of the molecule is CCc1nc(CN2CCC[C@@H](NCCn3cccn3)C2)no1. The maximum Gasteiger partial charge on any atom is 0.226 e. The van der Waals surface area contributed by atoms with E-state index in [1.807, 2.05) is 30.1 Å². The number of rotatable bonds is 7. The molecule has 2 aromatic rings. The average Bonchev–Trinajstić information content (AvgIpc) is 3.19. The fourth-order valence-electron chi connectivity index (χ4n) is 2.88. The number of piperidine rings is 1. The lowest BCUT2D eigenvalue weighted by molar-refractivity contribution is 0.177. The second-order valence-electron chi connectivity index (χ2n) is 5.76. The van der Waals surface area contributed by atoms with Crippen molar-refractivity contribution in [3.63, 3.8) is 0 Å². The van der Waals surface area contributed by atoms with Gasteiger partial charge in [-0.15, -0.1) is 0 Å². The fraction of sp³-hybridized carbons (Fsp3) is 0.667. The minimum atomic E-state index is 0.529. The quantitative estimate of drug-likeness (QED) is 0.825. The highest BCUT2D eigenvalue weighted by atomic mass is 16.5. The lowest BCUT2D eigenvalue weighted by Crippen LogP contribution is -2.46. The van der Waals surface area contributed by atoms with Crippen molar-refractivity contribution in [3.05, 3.63) is 30.2 Å². The van der Waals surface area contributed by atoms with E-state index in [9.17, 15) is 0 Å². The predicted molar refractivity (Wildman–Crippen MR) is 82.2 cm³/mol. The van der Waals surface area contributed by atoms with E-state index in [0.29, 0.717) is 6.04 Å². The first-order valence-electron chi connectivity index (χ1n) is 8.08. The van der Waals surface area contributed by atoms with Gasteiger partial charge in [0.25, 0.3) is 0 Å². The molecule has 3 rings (SSSR count). The van der Waals surface area contributed by atoms with Crippen LogP contribution in [0.2, 0.25) is 0 Å². The standard InChI is InChI=1S/C15H24N6O/c1-2-15-18-14(19-22-15)12-20-8-3-5-13(11-20)16-7-10-21-9-4-6-17-21/h4,6,9,13,16H,2-3,5,7-8,10-12H2,1H3/t13-/m1/s1. The molecule has 0 bridgehead atoms. The van der Waals surface area contributed by atoms with E-state index in [2.05, 4.69) is 25.5 Å². The summed E-state index contributed by atoms with van der Waals surface area (Å²) in [6.07, 6.45) is 7.04. The highest BCUT2D eigenvalue weighted by molar-refractivity contribution is 4.88. The van der Waals surface area contributed by atoms with Crippen molar-refractivity contribution in [2.75, 3.05) is 19.6 Å². The maximum atomic E-state index is 5.18. The fourth-order valence-corrected chi connectivity index (χ4v) is 2.88. The van der Waals surface area contributed by atoms with Gasteiger partial charge >= 0.3 is 0 Å². The van der Waals surface area contributed by atoms with Crippen molar-refractivity contribution in [2.45, 2.75) is 45.3 Å². The molecule has 0 saturated carbocycles. The largest absolute Gasteiger partial charge is 0.339 e. The van der Waals surface area contributed by atoms with E-state index in [-0.39, 0.29) is 0 Å². The molecule has 1 fully saturated rings. The third kappa shape index (κ3) is 4.14. The van der Waals surface area contributed by atoms with Crippen LogP contribution in [0.15, 0.2) is 23.0 Å². The molecule has 2 aromatic heterocycles. The number of nitrogens with one attached hydrogen (secondary N) is 1. The number of nitrogens with zero attached hydrogens (tertiary/aromatic N) is 5. The van der Waals surface area contributed by atoms with Crippen LogP contribution in [0.25, 0.3) is 0 Å². The maximum absolute atomic E-state index is 5.18. The first kappa shape index (κ1) is 15.2. The minimum Gasteiger partial charge on any atom is -0.339 e. The Labute approximate surface area is 130 Å². The van der Waals surface area contributed by atoms with Gasteiger partial charge in [-0.2, -0.15) is 10.1 Å². The highest BCUT2D eigenvalue weighted by Crippen LogP contribution is 2.12. The molecule has 120 valence electrons. The molecule has 0 radical (unpaired) electrons. The average molecular weight is 304 g/mol. The van der Waals surface area contributed by atoms with E-state index < -0.39 is 0 Å². The van der Waals surface area contributed by atoms with E-state index in [1.54, 1.807) is 0 Å². The molecule has 3 heterocycles. The Morgan fingerprint density at radius 3 is 3.18 bits per heavy atom. The molecule has 22 heavy (non-hydrogen) atoms. The Morgan fingerprint density at radius 1 is 1.45 bits per heavy atom. The molecule has 1 aliphatic rings. The summed E-state index contributed by atoms with van der Waals surface area (Å²) in [5.74, 6) is 1.52. The third-order valence-corrected chi connectivity index (χ3v) is 4.02. The van der Waals surface area contributed by atoms with Gasteiger partial charge in [0.1, 0.15) is 0 Å². The van der Waals surface area contributed by atoms with Crippen molar-refractivity contribution in [3.8, 4) is 0 Å². The van der Waals surface area contributed by atoms with Crippen LogP contribution >= 0.6 is 0 Å². The molecular weight excluding hydrogens is 280 g/mol. The Bertz CT molecular complexity index is 552. The van der Waals surface area contributed by atoms with Crippen LogP contribution in [-0.2, 0) is 19.5 Å². The van der Waals surface area contributed by atoms with Gasteiger partial charge in [-0.25, -0.2) is 0 Å². The van der Waals surface area contributed by atoms with Crippen molar-refractivity contribution in [1.82, 2.24) is 30.1 Å². The molecule has 7 nitrogen and oxygen atoms in total. The summed E-state index contributed by atoms with van der Waals surface area (Å²) >= 11 is 0. The summed E-state index contributed by atoms with van der Waals surface area (Å²) in [5, 5.41) is 11.9. The Kier molecular flexibility index (Phi) is 5.18. The summed E-state index contributed by atoms with van der Waals surface area (Å²) in [5.41, 5.74) is 0. The highest BCUT2D eigenvalue weighted by Gasteiger charge is 2.20. The van der Waals surface area contributed by atoms with Gasteiger partial charge in [-0.1, -0.05) is 12.1 Å². The van der Waals surface area contributed by atoms with Crippen molar-refractivity contribution in [1.29, 1.82) is 0 Å². The number of hydrogen-bond donors (Lipinski definition) is 1. The molecule has 1 saturated heterocycles. The van der Waals surface area contributed by atoms with Crippen LogP contribution in [0.1, 0.15) is 31.5 Å². The summed E-state index contributed by atoms with van der Waals surface area (Å²) in [6, 6.07) is 2.49. The molecule has 1 atom stereocenters. The molecule has 0 spiro atoms. The van der Waals surface area contributed by atoms with Gasteiger partial charge in [-0.3, -0.25) is 9.58 Å². The summed E-state index contributed by atoms with van der Waals surface area (Å²) in [4.78, 5) is 6.79. The molecule has 0 amide bonds. The number of hydrogen-bond acceptors (Lipinski definition) is 6. The van der Waals surface area contributed by atoms with Gasteiger partial charge in [0, 0.05) is 37.9 Å². The number of likely N-dealkylation sites (tertiary alicyclic amines) is 1. The van der Waals surface area contributed by atoms with Gasteiger partial charge in [0.15, 0.2) is 5.82 Å². The van der Waals surface area contributed by atoms with E-state index in [4.69, 9.17) is 4.52 Å². The van der Waals surface area contributed by atoms with Crippen LogP contribution in [0.4, 0.5) is 0 Å². The normalized spacial score (nSPS) is 19.6. The molecule has 0 unspecified atom stereocenters. The smallest absolute Gasteiger partial charge is 0.226 e. The minimum absolute atomic E-state index is 0.529. The van der Waals surface area contributed by atoms with E-state index in [0.717, 1.165) is 50.9 Å². The van der Waals surface area contributed by atoms with Gasteiger partial charge < -0.3 is 9.84 Å². The zero-order chi connectivity index (χ0) is 15.2. The summed E-state index contributed by atoms with van der Waals surface area (Å²) < 4.78 is 7.13. The Hall–Kier alpha value is -1.73. The van der Waals surface area contributed by atoms with Gasteiger partial charge in [0.05, 0.1) is 13.1 Å². The molecule has 1 aliphatic heterocycles. The van der Waals surface area contributed by atoms with Crippen molar-refractivity contribution in [2.24, 2.45) is 0 Å². The second-order valence-corrected chi connectivity index (χ2v) is 5.76. The molecule has 0 aliphatic carbocycles. The molecule has 0 aromatic carbocycles. The zero-order valence-corrected chi connectivity index (χ0v) is 13.1. The molecular formula is C15H24N6O. The second kappa shape index (κ2) is 7.51. The monoisotopic (exact) mass is 304 g/mol. The van der Waals surface area contributed by atoms with E-state index in [1.165, 1.54) is 12.8 Å². The summed E-state index contributed by atoms with van der Waals surface area (Å²) in [6.45, 7) is 6.80. The number of aromatic nitrogens is 4. The van der Waals surface area contributed by atoms with Crippen LogP contribution in [0.5, 0.6) is 0 Å². The molecule has 7 heteroatoms. The van der Waals surface area contributed by atoms with E-state index >= 15 is 0 Å². The first-order chi connectivity index (χ1) is 10.8. The van der Waals surface area contributed by atoms with Crippen LogP contribution in [0, 0.1) is 0 Å². The topological polar surface area (TPSA) is 72.0 Å². The van der Waals surface area contributed by atoms with Crippen LogP contribution in [-0.4, -0.2) is 50.5 Å². The van der Waals surface area contributed by atoms with Crippen molar-refractivity contribution < 1.29 is 4.52 Å².